The Morgan fingerprint density at radius 2 is 2.16 bits per heavy atom. The molecule has 1 fully saturated rings. The van der Waals surface area contributed by atoms with Crippen LogP contribution in [-0.2, 0) is 4.79 Å². The fourth-order valence-corrected chi connectivity index (χ4v) is 2.55. The monoisotopic (exact) mass is 258 g/mol. The predicted molar refractivity (Wildman–Crippen MR) is 75.1 cm³/mol. The van der Waals surface area contributed by atoms with Crippen LogP contribution in [0.15, 0.2) is 18.3 Å². The van der Waals surface area contributed by atoms with Gasteiger partial charge in [-0.3, -0.25) is 9.89 Å². The molecule has 0 unspecified atom stereocenters. The molecule has 3 rings (SSSR count). The van der Waals surface area contributed by atoms with E-state index in [4.69, 9.17) is 0 Å². The molecule has 1 aromatic heterocycles. The highest BCUT2D eigenvalue weighted by atomic mass is 16.1. The van der Waals surface area contributed by atoms with Crippen molar-refractivity contribution in [3.8, 4) is 0 Å². The van der Waals surface area contributed by atoms with E-state index in [2.05, 4.69) is 20.8 Å². The van der Waals surface area contributed by atoms with Crippen molar-refractivity contribution >= 4 is 22.5 Å². The van der Waals surface area contributed by atoms with Gasteiger partial charge in [-0.15, -0.1) is 0 Å². The van der Waals surface area contributed by atoms with Gasteiger partial charge in [-0.05, 0) is 50.6 Å². The van der Waals surface area contributed by atoms with Crippen LogP contribution >= 0.6 is 0 Å². The minimum absolute atomic E-state index is 0.126. The lowest BCUT2D eigenvalue weighted by Crippen LogP contribution is -2.34. The Kier molecular flexibility index (Phi) is 3.21. The van der Waals surface area contributed by atoms with E-state index in [0.29, 0.717) is 0 Å². The maximum Gasteiger partial charge on any atom is 0.227 e. The van der Waals surface area contributed by atoms with Gasteiger partial charge in [0.1, 0.15) is 0 Å². The number of aryl methyl sites for hydroxylation is 1. The number of piperidine rings is 1. The summed E-state index contributed by atoms with van der Waals surface area (Å²) in [5.74, 6) is 0.258. The summed E-state index contributed by atoms with van der Waals surface area (Å²) in [7, 11) is 0. The fourth-order valence-electron chi connectivity index (χ4n) is 2.55. The van der Waals surface area contributed by atoms with E-state index < -0.39 is 0 Å². The Morgan fingerprint density at radius 3 is 2.95 bits per heavy atom. The van der Waals surface area contributed by atoms with E-state index in [1.807, 2.05) is 19.1 Å². The highest BCUT2D eigenvalue weighted by Gasteiger charge is 2.21. The largest absolute Gasteiger partial charge is 0.326 e. The molecule has 1 amide bonds. The second-order valence-corrected chi connectivity index (χ2v) is 5.14. The van der Waals surface area contributed by atoms with Crippen molar-refractivity contribution in [2.75, 3.05) is 18.4 Å². The molecule has 100 valence electrons. The normalized spacial score (nSPS) is 16.7. The third-order valence-corrected chi connectivity index (χ3v) is 3.75. The predicted octanol–water partition coefficient (Wildman–Crippen LogP) is 1.81. The summed E-state index contributed by atoms with van der Waals surface area (Å²) in [6.07, 6.45) is 3.60. The van der Waals surface area contributed by atoms with Crippen LogP contribution in [0.5, 0.6) is 0 Å². The van der Waals surface area contributed by atoms with Gasteiger partial charge in [0.25, 0.3) is 0 Å². The summed E-state index contributed by atoms with van der Waals surface area (Å²) >= 11 is 0. The molecular weight excluding hydrogens is 240 g/mol. The molecule has 0 saturated carbocycles. The number of nitrogens with zero attached hydrogens (tertiary/aromatic N) is 1. The van der Waals surface area contributed by atoms with E-state index >= 15 is 0 Å². The van der Waals surface area contributed by atoms with Crippen LogP contribution < -0.4 is 10.6 Å². The number of amides is 1. The molecule has 0 bridgehead atoms. The molecule has 19 heavy (non-hydrogen) atoms. The molecule has 3 N–H and O–H groups in total. The number of H-pyrrole nitrogens is 1. The summed E-state index contributed by atoms with van der Waals surface area (Å²) in [6.45, 7) is 3.86. The lowest BCUT2D eigenvalue weighted by molar-refractivity contribution is -0.120. The van der Waals surface area contributed by atoms with Gasteiger partial charge in [-0.25, -0.2) is 0 Å². The number of carbonyl (C=O) groups excluding carboxylic acids is 1. The van der Waals surface area contributed by atoms with Crippen LogP contribution in [0.2, 0.25) is 0 Å². The Bertz CT molecular complexity index is 599. The molecule has 2 heterocycles. The summed E-state index contributed by atoms with van der Waals surface area (Å²) in [4.78, 5) is 12.2. The van der Waals surface area contributed by atoms with Crippen molar-refractivity contribution in [2.45, 2.75) is 19.8 Å². The molecular formula is C14H18N4O. The lowest BCUT2D eigenvalue weighted by Gasteiger charge is -2.22. The number of anilines is 1. The Morgan fingerprint density at radius 1 is 1.37 bits per heavy atom. The number of aromatic amines is 1. The van der Waals surface area contributed by atoms with Crippen molar-refractivity contribution in [1.29, 1.82) is 0 Å². The van der Waals surface area contributed by atoms with Gasteiger partial charge < -0.3 is 10.6 Å². The second kappa shape index (κ2) is 5.01. The van der Waals surface area contributed by atoms with Crippen molar-refractivity contribution in [2.24, 2.45) is 5.92 Å². The summed E-state index contributed by atoms with van der Waals surface area (Å²) < 4.78 is 0. The average Bonchev–Trinajstić information content (AvgIpc) is 2.87. The third-order valence-electron chi connectivity index (χ3n) is 3.75. The fraction of sp³-hybridized carbons (Fsp3) is 0.429. The van der Waals surface area contributed by atoms with E-state index in [-0.39, 0.29) is 11.8 Å². The van der Waals surface area contributed by atoms with Crippen LogP contribution in [0, 0.1) is 12.8 Å². The highest BCUT2D eigenvalue weighted by Crippen LogP contribution is 2.23. The molecule has 2 aromatic rings. The van der Waals surface area contributed by atoms with Crippen molar-refractivity contribution < 1.29 is 4.79 Å². The first-order valence-corrected chi connectivity index (χ1v) is 6.69. The van der Waals surface area contributed by atoms with Gasteiger partial charge in [-0.2, -0.15) is 5.10 Å². The molecule has 0 radical (unpaired) electrons. The molecule has 1 aliphatic rings. The third kappa shape index (κ3) is 2.46. The highest BCUT2D eigenvalue weighted by molar-refractivity contribution is 5.96. The van der Waals surface area contributed by atoms with Crippen molar-refractivity contribution in [3.05, 3.63) is 23.9 Å². The van der Waals surface area contributed by atoms with E-state index in [1.54, 1.807) is 6.20 Å². The van der Waals surface area contributed by atoms with Gasteiger partial charge in [0.15, 0.2) is 0 Å². The van der Waals surface area contributed by atoms with Crippen LogP contribution in [0.25, 0.3) is 10.9 Å². The number of fused-ring (bicyclic) bond motifs is 1. The molecule has 1 saturated heterocycles. The summed E-state index contributed by atoms with van der Waals surface area (Å²) in [5.41, 5.74) is 2.94. The van der Waals surface area contributed by atoms with Crippen LogP contribution in [-0.4, -0.2) is 29.2 Å². The minimum atomic E-state index is 0.126. The second-order valence-electron chi connectivity index (χ2n) is 5.14. The molecule has 1 aromatic carbocycles. The zero-order chi connectivity index (χ0) is 13.2. The smallest absolute Gasteiger partial charge is 0.227 e. The number of nitrogens with one attached hydrogen (secondary N) is 3. The average molecular weight is 258 g/mol. The van der Waals surface area contributed by atoms with Gasteiger partial charge in [0.05, 0.1) is 11.7 Å². The zero-order valence-corrected chi connectivity index (χ0v) is 11.0. The molecule has 5 heteroatoms. The molecule has 0 spiro atoms. The quantitative estimate of drug-likeness (QED) is 0.769. The Labute approximate surface area is 111 Å². The van der Waals surface area contributed by atoms with E-state index in [9.17, 15) is 4.79 Å². The first-order chi connectivity index (χ1) is 9.24. The lowest BCUT2D eigenvalue weighted by atomic mass is 9.97. The van der Waals surface area contributed by atoms with Gasteiger partial charge in [-0.1, -0.05) is 0 Å². The van der Waals surface area contributed by atoms with Crippen LogP contribution in [0.4, 0.5) is 5.69 Å². The topological polar surface area (TPSA) is 69.8 Å². The minimum Gasteiger partial charge on any atom is -0.326 e. The number of aromatic nitrogens is 2. The van der Waals surface area contributed by atoms with Crippen molar-refractivity contribution in [1.82, 2.24) is 15.5 Å². The number of carbonyl (C=O) groups is 1. The van der Waals surface area contributed by atoms with Gasteiger partial charge in [0.2, 0.25) is 5.91 Å². The van der Waals surface area contributed by atoms with Gasteiger partial charge >= 0.3 is 0 Å². The number of hydrogen-bond donors (Lipinski definition) is 3. The summed E-state index contributed by atoms with van der Waals surface area (Å²) in [5, 5.41) is 14.3. The molecule has 5 nitrogen and oxygen atoms in total. The molecule has 1 aliphatic heterocycles. The standard InChI is InChI=1S/C14H18N4O/c1-9-6-13-11(8-16-18-13)7-12(9)17-14(19)10-2-4-15-5-3-10/h6-8,10,15H,2-5H2,1H3,(H,16,18)(H,17,19). The molecule has 0 atom stereocenters. The number of rotatable bonds is 2. The first kappa shape index (κ1) is 12.2. The Hall–Kier alpha value is -1.88. The first-order valence-electron chi connectivity index (χ1n) is 6.69. The van der Waals surface area contributed by atoms with E-state index in [1.165, 1.54) is 0 Å². The maximum atomic E-state index is 12.2. The zero-order valence-electron chi connectivity index (χ0n) is 11.0. The SMILES string of the molecule is Cc1cc2[nH]ncc2cc1NC(=O)C1CCNCC1. The summed E-state index contributed by atoms with van der Waals surface area (Å²) in [6, 6.07) is 3.99. The molecule has 0 aliphatic carbocycles. The maximum absolute atomic E-state index is 12.2. The number of benzene rings is 1. The van der Waals surface area contributed by atoms with Crippen LogP contribution in [0.3, 0.4) is 0 Å². The Balaban J connectivity index is 1.79. The van der Waals surface area contributed by atoms with E-state index in [0.717, 1.165) is 48.1 Å². The van der Waals surface area contributed by atoms with Crippen LogP contribution in [0.1, 0.15) is 18.4 Å². The van der Waals surface area contributed by atoms with Gasteiger partial charge in [0, 0.05) is 17.0 Å². The van der Waals surface area contributed by atoms with Crippen molar-refractivity contribution in [3.63, 3.8) is 0 Å². The number of hydrogen-bond acceptors (Lipinski definition) is 3.